The summed E-state index contributed by atoms with van der Waals surface area (Å²) >= 11 is 9.91. The van der Waals surface area contributed by atoms with Gasteiger partial charge < -0.3 is 4.74 Å². The van der Waals surface area contributed by atoms with E-state index in [9.17, 15) is 4.79 Å². The van der Waals surface area contributed by atoms with E-state index in [0.717, 1.165) is 25.7 Å². The summed E-state index contributed by atoms with van der Waals surface area (Å²) in [5, 5.41) is -0.0962. The number of nitrogens with zero attached hydrogens (tertiary/aromatic N) is 1. The second kappa shape index (κ2) is 6.39. The molecule has 0 heterocycles. The molecule has 0 N–H and O–H groups in total. The van der Waals surface area contributed by atoms with Crippen molar-refractivity contribution in [1.29, 1.82) is 0 Å². The Labute approximate surface area is 125 Å². The monoisotopic (exact) mass is 309 g/mol. The summed E-state index contributed by atoms with van der Waals surface area (Å²) in [5.74, 6) is 0. The Kier molecular flexibility index (Phi) is 5.93. The maximum absolute atomic E-state index is 11.8. The molecule has 1 aliphatic rings. The molecule has 1 saturated carbocycles. The highest BCUT2D eigenvalue weighted by molar-refractivity contribution is 8.05. The Balaban J connectivity index is 2.67. The van der Waals surface area contributed by atoms with E-state index >= 15 is 0 Å². The third-order valence-corrected chi connectivity index (χ3v) is 5.20. The molecule has 1 fully saturated rings. The van der Waals surface area contributed by atoms with Crippen molar-refractivity contribution in [1.82, 2.24) is 3.71 Å². The van der Waals surface area contributed by atoms with Gasteiger partial charge in [-0.2, -0.15) is 3.71 Å². The van der Waals surface area contributed by atoms with Crippen molar-refractivity contribution in [3.63, 3.8) is 0 Å². The smallest absolute Gasteiger partial charge is 0.208 e. The molecule has 0 aromatic carbocycles. The number of carbonyl (C=O) groups is 1. The summed E-state index contributed by atoms with van der Waals surface area (Å²) in [7, 11) is 0. The molecule has 0 aromatic rings. The quantitative estimate of drug-likeness (QED) is 0.615. The SMILES string of the molecule is CSN(S)C1(C(=O)S)CCC(OC(C)(C)C)CC1. The molecule has 1 aliphatic carbocycles. The topological polar surface area (TPSA) is 29.5 Å². The van der Waals surface area contributed by atoms with Crippen LogP contribution in [0.3, 0.4) is 0 Å². The van der Waals surface area contributed by atoms with Crippen LogP contribution in [-0.2, 0) is 9.53 Å². The van der Waals surface area contributed by atoms with Crippen molar-refractivity contribution in [2.45, 2.75) is 63.7 Å². The van der Waals surface area contributed by atoms with Crippen LogP contribution in [0.15, 0.2) is 0 Å². The predicted molar refractivity (Wildman–Crippen MR) is 84.2 cm³/mol. The van der Waals surface area contributed by atoms with Crippen LogP contribution in [0.4, 0.5) is 0 Å². The molecule has 0 spiro atoms. The van der Waals surface area contributed by atoms with Gasteiger partial charge in [-0.15, -0.1) is 12.6 Å². The zero-order valence-electron chi connectivity index (χ0n) is 11.5. The van der Waals surface area contributed by atoms with Gasteiger partial charge in [-0.1, -0.05) is 24.8 Å². The normalized spacial score (nSPS) is 29.6. The highest BCUT2D eigenvalue weighted by atomic mass is 32.2. The number of rotatable bonds is 4. The van der Waals surface area contributed by atoms with Crippen LogP contribution in [0.5, 0.6) is 0 Å². The van der Waals surface area contributed by atoms with E-state index in [1.807, 2.05) is 6.26 Å². The Morgan fingerprint density at radius 3 is 2.22 bits per heavy atom. The summed E-state index contributed by atoms with van der Waals surface area (Å²) in [6.45, 7) is 6.18. The molecule has 0 unspecified atom stereocenters. The molecule has 0 bridgehead atoms. The van der Waals surface area contributed by atoms with Crippen molar-refractivity contribution in [3.8, 4) is 0 Å². The first-order valence-corrected chi connectivity index (χ1v) is 8.18. The van der Waals surface area contributed by atoms with E-state index in [1.54, 1.807) is 3.71 Å². The van der Waals surface area contributed by atoms with Crippen LogP contribution in [0.1, 0.15) is 46.5 Å². The van der Waals surface area contributed by atoms with E-state index in [4.69, 9.17) is 4.74 Å². The van der Waals surface area contributed by atoms with E-state index in [-0.39, 0.29) is 16.8 Å². The predicted octanol–water partition coefficient (Wildman–Crippen LogP) is 3.36. The van der Waals surface area contributed by atoms with Gasteiger partial charge >= 0.3 is 0 Å². The van der Waals surface area contributed by atoms with Gasteiger partial charge in [-0.3, -0.25) is 4.79 Å². The number of hydrogen-bond donors (Lipinski definition) is 2. The van der Waals surface area contributed by atoms with Crippen molar-refractivity contribution in [2.24, 2.45) is 0 Å². The zero-order valence-corrected chi connectivity index (χ0v) is 14.1. The molecule has 0 aliphatic heterocycles. The second-order valence-electron chi connectivity index (χ2n) is 5.72. The fourth-order valence-corrected chi connectivity index (χ4v) is 3.72. The number of carbonyl (C=O) groups excluding carboxylic acids is 1. The molecular weight excluding hydrogens is 286 g/mol. The van der Waals surface area contributed by atoms with Crippen molar-refractivity contribution >= 4 is 42.5 Å². The molecule has 0 atom stereocenters. The van der Waals surface area contributed by atoms with Crippen molar-refractivity contribution < 1.29 is 9.53 Å². The Morgan fingerprint density at radius 2 is 1.89 bits per heavy atom. The van der Waals surface area contributed by atoms with Crippen molar-refractivity contribution in [3.05, 3.63) is 0 Å². The first-order valence-electron chi connectivity index (χ1n) is 6.16. The number of ether oxygens (including phenoxy) is 1. The number of thiol groups is 2. The van der Waals surface area contributed by atoms with E-state index in [2.05, 4.69) is 46.2 Å². The van der Waals surface area contributed by atoms with Gasteiger partial charge in [0.15, 0.2) is 0 Å². The van der Waals surface area contributed by atoms with Crippen LogP contribution < -0.4 is 0 Å². The molecule has 106 valence electrons. The molecule has 6 heteroatoms. The summed E-state index contributed by atoms with van der Waals surface area (Å²) in [6.07, 6.45) is 5.40. The fourth-order valence-electron chi connectivity index (χ4n) is 2.35. The van der Waals surface area contributed by atoms with Gasteiger partial charge in [-0.05, 0) is 52.7 Å². The highest BCUT2D eigenvalue weighted by Gasteiger charge is 2.45. The van der Waals surface area contributed by atoms with Gasteiger partial charge in [0.25, 0.3) is 0 Å². The minimum atomic E-state index is -0.552. The van der Waals surface area contributed by atoms with Gasteiger partial charge in [-0.25, -0.2) is 0 Å². The fraction of sp³-hybridized carbons (Fsp3) is 0.917. The maximum atomic E-state index is 11.8. The van der Waals surface area contributed by atoms with Gasteiger partial charge in [0.2, 0.25) is 5.12 Å². The van der Waals surface area contributed by atoms with Gasteiger partial charge in [0.05, 0.1) is 11.7 Å². The second-order valence-corrected chi connectivity index (χ2v) is 7.53. The van der Waals surface area contributed by atoms with Crippen LogP contribution in [-0.4, -0.2) is 32.3 Å². The third kappa shape index (κ3) is 4.07. The lowest BCUT2D eigenvalue weighted by Gasteiger charge is -2.43. The largest absolute Gasteiger partial charge is 0.373 e. The van der Waals surface area contributed by atoms with Crippen LogP contribution in [0.25, 0.3) is 0 Å². The molecule has 0 saturated heterocycles. The minimum Gasteiger partial charge on any atom is -0.373 e. The molecule has 0 amide bonds. The Hall–Kier alpha value is 0.640. The lowest BCUT2D eigenvalue weighted by molar-refractivity contribution is -0.123. The standard InChI is InChI=1S/C12H23NO2S3/c1-11(2,3)15-9-5-7-12(8-6-9,10(14)16)13(17)18-4/h9,17H,5-8H2,1-4H3,(H,14,16). The molecular formula is C12H23NO2S3. The summed E-state index contributed by atoms with van der Waals surface area (Å²) in [6, 6.07) is 0. The van der Waals surface area contributed by atoms with Crippen LogP contribution in [0, 0.1) is 0 Å². The zero-order chi connectivity index (χ0) is 14.0. The van der Waals surface area contributed by atoms with Crippen LogP contribution in [0.2, 0.25) is 0 Å². The number of hydrogen-bond acceptors (Lipinski definition) is 5. The lowest BCUT2D eigenvalue weighted by atomic mass is 9.82. The molecule has 0 aromatic heterocycles. The van der Waals surface area contributed by atoms with E-state index in [0.29, 0.717) is 0 Å². The first-order chi connectivity index (χ1) is 8.21. The van der Waals surface area contributed by atoms with E-state index < -0.39 is 5.54 Å². The van der Waals surface area contributed by atoms with E-state index in [1.165, 1.54) is 11.9 Å². The van der Waals surface area contributed by atoms with Crippen LogP contribution >= 0.6 is 37.4 Å². The molecule has 18 heavy (non-hydrogen) atoms. The lowest BCUT2D eigenvalue weighted by Crippen LogP contribution is -2.50. The highest BCUT2D eigenvalue weighted by Crippen LogP contribution is 2.41. The summed E-state index contributed by atoms with van der Waals surface area (Å²) in [5.41, 5.74) is -0.681. The van der Waals surface area contributed by atoms with Gasteiger partial charge in [0, 0.05) is 0 Å². The molecule has 3 nitrogen and oxygen atoms in total. The summed E-state index contributed by atoms with van der Waals surface area (Å²) < 4.78 is 7.72. The van der Waals surface area contributed by atoms with Gasteiger partial charge in [0.1, 0.15) is 5.54 Å². The average molecular weight is 310 g/mol. The summed E-state index contributed by atoms with van der Waals surface area (Å²) in [4.78, 5) is 11.8. The van der Waals surface area contributed by atoms with Crippen molar-refractivity contribution in [2.75, 3.05) is 6.26 Å². The Morgan fingerprint density at radius 1 is 1.39 bits per heavy atom. The first kappa shape index (κ1) is 16.7. The molecule has 1 rings (SSSR count). The average Bonchev–Trinajstić information content (AvgIpc) is 2.26. The maximum Gasteiger partial charge on any atom is 0.208 e. The molecule has 0 radical (unpaired) electrons. The minimum absolute atomic E-state index is 0.0962. The third-order valence-electron chi connectivity index (χ3n) is 3.22. The Bertz CT molecular complexity index is 296.